The van der Waals surface area contributed by atoms with E-state index in [2.05, 4.69) is 74.6 Å². The van der Waals surface area contributed by atoms with Crippen LogP contribution in [0.25, 0.3) is 0 Å². The molecule has 0 saturated carbocycles. The lowest BCUT2D eigenvalue weighted by Crippen LogP contribution is -2.63. The first-order valence-electron chi connectivity index (χ1n) is 41.8. The van der Waals surface area contributed by atoms with Gasteiger partial charge in [0.25, 0.3) is 0 Å². The van der Waals surface area contributed by atoms with Crippen LogP contribution in [-0.4, -0.2) is 220 Å². The van der Waals surface area contributed by atoms with Crippen molar-refractivity contribution in [2.75, 3.05) is 42.2 Å². The molecule has 4 saturated heterocycles. The first-order valence-corrected chi connectivity index (χ1v) is 48.3. The van der Waals surface area contributed by atoms with Crippen molar-refractivity contribution in [1.29, 1.82) is 0 Å². The zero-order valence-corrected chi connectivity index (χ0v) is 79.6. The van der Waals surface area contributed by atoms with Crippen molar-refractivity contribution >= 4 is 151 Å². The van der Waals surface area contributed by atoms with Crippen LogP contribution in [0.1, 0.15) is 172 Å². The predicted molar refractivity (Wildman–Crippen MR) is 493 cm³/mol. The molecule has 24 atom stereocenters. The fourth-order valence-electron chi connectivity index (χ4n) is 14.4. The van der Waals surface area contributed by atoms with Gasteiger partial charge in [-0.25, -0.2) is 0 Å². The fourth-order valence-corrected chi connectivity index (χ4v) is 19.9. The van der Waals surface area contributed by atoms with Crippen molar-refractivity contribution in [3.8, 4) is 11.5 Å². The number of thiocarbonyl (C=S) groups is 2. The number of hydrogen-bond donors (Lipinski definition) is 8. The summed E-state index contributed by atoms with van der Waals surface area (Å²) in [6, 6.07) is 27.6. The molecule has 4 fully saturated rings. The SMILES string of the molecule is C=CCCOC(=O)C(C)(CC(=O)OCc1ccccc1CSC(=S)SCC)CC(C)C(=O)Oc1ccc(C=O)cc1.CCSC(=S)SCc1ccccc1COC(=O)CC(C)(CC(C)C(=O)Oc1ccc(C=O)cc1)C(=O)OCSC[C@H]1O[C@H](O[C@H]2O[C@H](CC)[C@@H](C)[C@H](C)[C@H]2C)[C@H](C)[C@@H](C)[C@@H]1C.OC[C@H]1O[C@H](O[C@H]2O[C@H](CS)[C@@H](O)[C@H](O)[C@H]2O)[C@H](O)[C@@H](O)[C@@H]1O. The van der Waals surface area contributed by atoms with Gasteiger partial charge in [-0.05, 0) is 145 Å². The quantitative estimate of drug-likeness (QED) is 0.00236. The van der Waals surface area contributed by atoms with Gasteiger partial charge in [-0.3, -0.25) is 38.4 Å². The minimum atomic E-state index is -1.68. The van der Waals surface area contributed by atoms with E-state index in [0.717, 1.165) is 47.2 Å². The standard InChI is InChI=1S/C47H66O10S4.C31H36O7S3.C12H22O10S/c1-11-39-31(6)29(4)33(8)43(55-39)57-44-34(9)30(5)32(7)40(56-44)26-59-27-53-45(51)47(10,21-28(3)42(50)54-38-19-17-35(23-48)18-20-38)22-41(49)52-24-36-15-13-14-16-37(36)25-61-46(58)60-12-2;1-5-7-16-36-29(35)31(4,17-22(3)28(34)38-26-14-12-23(19-32)13-15-26)18-27(33)37-20-24-10-8-9-11-25(24)21-41-30(39)40-6-2;13-1-3-5(14)7(16)9(18)11(20-3)22-12-10(19)8(17)6(15)4(2-23)21-12/h13-20,23,28-34,39-40,43-44H,11-12,21-22,24-27H2,1-10H3;5,8-15,19,22H,1,6-7,16-18,20-21H2,2-4H3;3-19,23H,1-2H2/t28?,29-,30-,31-,32-,33+,34+,39+,40+,43+,44+,47?;;3-,4-,5-,6-,7+,8+,9-,10-,11-,12-/m0.1/s1. The molecule has 8 rings (SSSR count). The first kappa shape index (κ1) is 108. The summed E-state index contributed by atoms with van der Waals surface area (Å²) in [6.07, 6.45) is -11.7. The van der Waals surface area contributed by atoms with Gasteiger partial charge in [-0.15, -0.1) is 65.4 Å². The lowest BCUT2D eigenvalue weighted by molar-refractivity contribution is -0.373. The zero-order valence-electron chi connectivity index (χ0n) is 73.0. The molecule has 4 aliphatic heterocycles. The normalized spacial score (nSPS) is 27.3. The highest BCUT2D eigenvalue weighted by Gasteiger charge is 2.51. The summed E-state index contributed by atoms with van der Waals surface area (Å²) in [7, 11) is 0. The van der Waals surface area contributed by atoms with E-state index in [0.29, 0.717) is 65.1 Å². The molecule has 0 radical (unpaired) electrons. The Morgan fingerprint density at radius 3 is 1.30 bits per heavy atom. The third-order valence-electron chi connectivity index (χ3n) is 22.8. The van der Waals surface area contributed by atoms with E-state index in [1.165, 1.54) is 48.2 Å². The second kappa shape index (κ2) is 54.4. The van der Waals surface area contributed by atoms with E-state index in [9.17, 15) is 69.0 Å². The summed E-state index contributed by atoms with van der Waals surface area (Å²) in [4.78, 5) is 102. The number of aliphatic hydroxyl groups excluding tert-OH is 7. The largest absolute Gasteiger partial charge is 0.465 e. The van der Waals surface area contributed by atoms with E-state index in [4.69, 9.17) is 86.4 Å². The third kappa shape index (κ3) is 33.1. The monoisotopic (exact) mass is 1890 g/mol. The number of ether oxygens (including phenoxy) is 12. The Bertz CT molecular complexity index is 4050. The topological polar surface area (TPSA) is 389 Å². The van der Waals surface area contributed by atoms with E-state index < -0.39 is 133 Å². The summed E-state index contributed by atoms with van der Waals surface area (Å²) in [5.41, 5.74) is 1.84. The highest BCUT2D eigenvalue weighted by atomic mass is 32.2. The van der Waals surface area contributed by atoms with Crippen molar-refractivity contribution in [2.45, 2.75) is 239 Å². The highest BCUT2D eigenvalue weighted by molar-refractivity contribution is 8.47. The van der Waals surface area contributed by atoms with Crippen molar-refractivity contribution < 1.29 is 131 Å². The zero-order chi connectivity index (χ0) is 92.4. The minimum absolute atomic E-state index is 0.0000441. The van der Waals surface area contributed by atoms with Crippen LogP contribution in [0.4, 0.5) is 0 Å². The predicted octanol–water partition coefficient (Wildman–Crippen LogP) is 13.3. The summed E-state index contributed by atoms with van der Waals surface area (Å²) in [5, 5.41) is 67.7. The van der Waals surface area contributed by atoms with Gasteiger partial charge in [0, 0.05) is 46.0 Å². The van der Waals surface area contributed by atoms with Crippen LogP contribution in [0.2, 0.25) is 0 Å². The van der Waals surface area contributed by atoms with Gasteiger partial charge in [0.15, 0.2) is 25.2 Å². The summed E-state index contributed by atoms with van der Waals surface area (Å²) in [6.45, 7) is 29.2. The van der Waals surface area contributed by atoms with Gasteiger partial charge >= 0.3 is 35.8 Å². The average Bonchev–Trinajstić information content (AvgIpc) is 0.791. The van der Waals surface area contributed by atoms with Crippen LogP contribution in [0, 0.1) is 58.2 Å². The van der Waals surface area contributed by atoms with Gasteiger partial charge in [0.1, 0.15) is 93.0 Å². The summed E-state index contributed by atoms with van der Waals surface area (Å²) < 4.78 is 70.7. The molecule has 7 N–H and O–H groups in total. The lowest BCUT2D eigenvalue weighted by atomic mass is 9.78. The highest BCUT2D eigenvalue weighted by Crippen LogP contribution is 2.43. The minimum Gasteiger partial charge on any atom is -0.465 e. The lowest BCUT2D eigenvalue weighted by Gasteiger charge is -2.48. The number of carbonyl (C=O) groups excluding carboxylic acids is 8. The number of rotatable bonds is 40. The Morgan fingerprint density at radius 1 is 0.504 bits per heavy atom. The number of hydrogen-bond acceptors (Lipinski definition) is 35. The maximum Gasteiger partial charge on any atom is 0.314 e. The molecular formula is C90H124O27S8. The smallest absolute Gasteiger partial charge is 0.314 e. The van der Waals surface area contributed by atoms with E-state index in [1.807, 2.05) is 55.5 Å². The Labute approximate surface area is 771 Å². The second-order valence-corrected chi connectivity index (χ2v) is 40.4. The molecular weight excluding hydrogens is 1770 g/mol. The van der Waals surface area contributed by atoms with Gasteiger partial charge in [0.05, 0.1) is 67.0 Å². The number of benzene rings is 4. The molecule has 27 nitrogen and oxygen atoms in total. The van der Waals surface area contributed by atoms with Crippen LogP contribution in [0.5, 0.6) is 11.5 Å². The van der Waals surface area contributed by atoms with E-state index in [-0.39, 0.29) is 105 Å². The molecule has 0 bridgehead atoms. The average molecular weight is 1890 g/mol. The molecule has 0 aliphatic carbocycles. The van der Waals surface area contributed by atoms with Gasteiger partial charge in [-0.1, -0.05) is 155 Å². The molecule has 4 aliphatic rings. The Morgan fingerprint density at radius 2 is 0.896 bits per heavy atom. The van der Waals surface area contributed by atoms with Crippen LogP contribution < -0.4 is 9.47 Å². The molecule has 4 aromatic rings. The molecule has 35 heteroatoms. The molecule has 125 heavy (non-hydrogen) atoms. The number of thiol groups is 1. The number of carbonyl (C=O) groups is 8. The van der Waals surface area contributed by atoms with Gasteiger partial charge in [0.2, 0.25) is 0 Å². The molecule has 4 aromatic carbocycles. The molecule has 0 aromatic heterocycles. The Kier molecular flexibility index (Phi) is 47.1. The van der Waals surface area contributed by atoms with Crippen LogP contribution >= 0.6 is 95.9 Å². The second-order valence-electron chi connectivity index (χ2n) is 32.2. The Balaban J connectivity index is 0.000000322. The number of esters is 6. The number of thioether (sulfide) groups is 5. The summed E-state index contributed by atoms with van der Waals surface area (Å²) in [5.74, 6) is 0.928. The maximum atomic E-state index is 14.0. The van der Waals surface area contributed by atoms with Crippen LogP contribution in [0.15, 0.2) is 110 Å². The first-order chi connectivity index (χ1) is 59.4. The number of aliphatic hydroxyl groups is 7. The van der Waals surface area contributed by atoms with Crippen molar-refractivity contribution in [2.24, 2.45) is 58.2 Å². The van der Waals surface area contributed by atoms with E-state index >= 15 is 0 Å². The van der Waals surface area contributed by atoms with Gasteiger partial charge < -0.3 is 92.6 Å². The number of aldehydes is 2. The molecule has 694 valence electrons. The van der Waals surface area contributed by atoms with Crippen LogP contribution in [-0.2, 0) is 101 Å². The maximum absolute atomic E-state index is 14.0. The summed E-state index contributed by atoms with van der Waals surface area (Å²) >= 11 is 22.6. The third-order valence-corrected chi connectivity index (χ3v) is 29.3. The molecule has 4 heterocycles. The molecule has 0 amide bonds. The van der Waals surface area contributed by atoms with Gasteiger partial charge in [-0.2, -0.15) is 12.6 Å². The molecule has 0 spiro atoms. The van der Waals surface area contributed by atoms with Crippen molar-refractivity contribution in [1.82, 2.24) is 0 Å². The fraction of sp³-hybridized carbons (Fsp3) is 0.600. The van der Waals surface area contributed by atoms with Crippen molar-refractivity contribution in [3.63, 3.8) is 0 Å². The van der Waals surface area contributed by atoms with E-state index in [1.54, 1.807) is 93.0 Å². The van der Waals surface area contributed by atoms with Crippen LogP contribution in [0.3, 0.4) is 0 Å². The molecule has 4 unspecified atom stereocenters. The van der Waals surface area contributed by atoms with Crippen molar-refractivity contribution in [3.05, 3.63) is 143 Å². The Hall–Kier alpha value is -5.46.